The molecule has 33 heavy (non-hydrogen) atoms. The van der Waals surface area contributed by atoms with Crippen LogP contribution in [0, 0.1) is 0 Å². The van der Waals surface area contributed by atoms with Crippen molar-refractivity contribution < 1.29 is 0 Å². The van der Waals surface area contributed by atoms with Crippen molar-refractivity contribution in [1.29, 1.82) is 0 Å². The lowest BCUT2D eigenvalue weighted by Gasteiger charge is -2.12. The zero-order chi connectivity index (χ0) is 22.2. The summed E-state index contributed by atoms with van der Waals surface area (Å²) in [4.78, 5) is 0. The Bertz CT molecular complexity index is 1580. The first-order valence-corrected chi connectivity index (χ1v) is 11.9. The van der Waals surface area contributed by atoms with Crippen molar-refractivity contribution in [2.45, 2.75) is 0 Å². The summed E-state index contributed by atoms with van der Waals surface area (Å²) < 4.78 is 1.10. The van der Waals surface area contributed by atoms with Gasteiger partial charge < -0.3 is 0 Å². The van der Waals surface area contributed by atoms with Gasteiger partial charge >= 0.3 is 0 Å². The average Bonchev–Trinajstić information content (AvgIpc) is 2.88. The fourth-order valence-electron chi connectivity index (χ4n) is 4.66. The number of halogens is 1. The van der Waals surface area contributed by atoms with Gasteiger partial charge in [-0.2, -0.15) is 0 Å². The van der Waals surface area contributed by atoms with E-state index in [0.29, 0.717) is 0 Å². The van der Waals surface area contributed by atoms with Crippen molar-refractivity contribution >= 4 is 37.5 Å². The van der Waals surface area contributed by atoms with Crippen LogP contribution in [0.2, 0.25) is 0 Å². The van der Waals surface area contributed by atoms with E-state index in [2.05, 4.69) is 143 Å². The molecule has 0 nitrogen and oxygen atoms in total. The van der Waals surface area contributed by atoms with Crippen molar-refractivity contribution in [1.82, 2.24) is 0 Å². The van der Waals surface area contributed by atoms with Crippen molar-refractivity contribution in [2.75, 3.05) is 0 Å². The molecule has 1 heteroatoms. The second-order valence-electron chi connectivity index (χ2n) is 8.36. The molecule has 6 rings (SSSR count). The molecule has 0 saturated carbocycles. The van der Waals surface area contributed by atoms with Gasteiger partial charge in [0, 0.05) is 4.47 Å². The molecule has 156 valence electrons. The standard InChI is InChI=1S/C32H21Br/c33-28-18-16-25(17-19-28)30-11-5-9-27-20-31-26(21-32(27)30)8-4-10-29(31)24-14-12-23(13-15-24)22-6-2-1-3-7-22/h1-21H. The molecule has 0 bridgehead atoms. The molecule has 0 amide bonds. The minimum atomic E-state index is 1.10. The van der Waals surface area contributed by atoms with E-state index in [4.69, 9.17) is 0 Å². The maximum absolute atomic E-state index is 3.55. The lowest BCUT2D eigenvalue weighted by molar-refractivity contribution is 1.60. The summed E-state index contributed by atoms with van der Waals surface area (Å²) >= 11 is 3.55. The van der Waals surface area contributed by atoms with Gasteiger partial charge in [-0.05, 0) is 79.2 Å². The highest BCUT2D eigenvalue weighted by atomic mass is 79.9. The average molecular weight is 485 g/mol. The summed E-state index contributed by atoms with van der Waals surface area (Å²) in [5.41, 5.74) is 7.49. The Balaban J connectivity index is 1.48. The smallest absolute Gasteiger partial charge is 0.0175 e. The van der Waals surface area contributed by atoms with Crippen LogP contribution in [0.5, 0.6) is 0 Å². The van der Waals surface area contributed by atoms with Crippen LogP contribution in [0.15, 0.2) is 132 Å². The molecule has 0 saturated heterocycles. The molecule has 6 aromatic carbocycles. The molecule has 0 aromatic heterocycles. The largest absolute Gasteiger partial charge is 0.0622 e. The Hall–Kier alpha value is -3.68. The predicted octanol–water partition coefficient (Wildman–Crippen LogP) is 9.76. The number of rotatable bonds is 3. The molecule has 6 aromatic rings. The molecule has 0 fully saturated rings. The summed E-state index contributed by atoms with van der Waals surface area (Å²) in [6.45, 7) is 0. The van der Waals surface area contributed by atoms with Gasteiger partial charge in [0.2, 0.25) is 0 Å². The molecule has 0 radical (unpaired) electrons. The van der Waals surface area contributed by atoms with E-state index in [1.807, 2.05) is 0 Å². The van der Waals surface area contributed by atoms with Gasteiger partial charge in [-0.25, -0.2) is 0 Å². The van der Waals surface area contributed by atoms with E-state index in [-0.39, 0.29) is 0 Å². The van der Waals surface area contributed by atoms with E-state index in [1.54, 1.807) is 0 Å². The highest BCUT2D eigenvalue weighted by Crippen LogP contribution is 2.36. The van der Waals surface area contributed by atoms with E-state index < -0.39 is 0 Å². The van der Waals surface area contributed by atoms with Crippen molar-refractivity contribution in [3.8, 4) is 33.4 Å². The van der Waals surface area contributed by atoms with E-state index in [9.17, 15) is 0 Å². The van der Waals surface area contributed by atoms with Gasteiger partial charge in [0.05, 0.1) is 0 Å². The number of benzene rings is 6. The van der Waals surface area contributed by atoms with Crippen LogP contribution in [0.25, 0.3) is 54.9 Å². The zero-order valence-electron chi connectivity index (χ0n) is 18.0. The molecule has 0 aliphatic heterocycles. The molecular weight excluding hydrogens is 464 g/mol. The summed E-state index contributed by atoms with van der Waals surface area (Å²) in [6.07, 6.45) is 0. The van der Waals surface area contributed by atoms with Crippen LogP contribution in [0.3, 0.4) is 0 Å². The van der Waals surface area contributed by atoms with Gasteiger partial charge in [-0.15, -0.1) is 0 Å². The van der Waals surface area contributed by atoms with Gasteiger partial charge in [-0.1, -0.05) is 119 Å². The fraction of sp³-hybridized carbons (Fsp3) is 0. The predicted molar refractivity (Wildman–Crippen MR) is 145 cm³/mol. The Morgan fingerprint density at radius 2 is 0.818 bits per heavy atom. The van der Waals surface area contributed by atoms with Crippen LogP contribution in [0.1, 0.15) is 0 Å². The van der Waals surface area contributed by atoms with Crippen molar-refractivity contribution in [3.05, 3.63) is 132 Å². The maximum Gasteiger partial charge on any atom is 0.0175 e. The lowest BCUT2D eigenvalue weighted by Crippen LogP contribution is -1.86. The van der Waals surface area contributed by atoms with Crippen molar-refractivity contribution in [3.63, 3.8) is 0 Å². The summed E-state index contributed by atoms with van der Waals surface area (Å²) in [7, 11) is 0. The third kappa shape index (κ3) is 3.75. The SMILES string of the molecule is Brc1ccc(-c2cccc3cc4c(-c5ccc(-c6ccccc6)cc5)cccc4cc23)cc1. The molecule has 0 heterocycles. The van der Waals surface area contributed by atoms with Gasteiger partial charge in [0.1, 0.15) is 0 Å². The number of fused-ring (bicyclic) bond motifs is 2. The zero-order valence-corrected chi connectivity index (χ0v) is 19.6. The second kappa shape index (κ2) is 8.35. The lowest BCUT2D eigenvalue weighted by atomic mass is 9.92. The molecule has 0 unspecified atom stereocenters. The minimum absolute atomic E-state index is 1.10. The molecule has 0 N–H and O–H groups in total. The number of hydrogen-bond donors (Lipinski definition) is 0. The normalized spacial score (nSPS) is 11.2. The van der Waals surface area contributed by atoms with E-state index in [1.165, 1.54) is 54.9 Å². The van der Waals surface area contributed by atoms with Gasteiger partial charge in [0.15, 0.2) is 0 Å². The quantitative estimate of drug-likeness (QED) is 0.219. The summed E-state index contributed by atoms with van der Waals surface area (Å²) in [6, 6.07) is 45.9. The van der Waals surface area contributed by atoms with Gasteiger partial charge in [0.25, 0.3) is 0 Å². The Morgan fingerprint density at radius 3 is 1.36 bits per heavy atom. The Morgan fingerprint density at radius 1 is 0.364 bits per heavy atom. The van der Waals surface area contributed by atoms with Crippen LogP contribution < -0.4 is 0 Å². The first-order valence-electron chi connectivity index (χ1n) is 11.1. The van der Waals surface area contributed by atoms with E-state index >= 15 is 0 Å². The van der Waals surface area contributed by atoms with Crippen LogP contribution in [-0.4, -0.2) is 0 Å². The summed E-state index contributed by atoms with van der Waals surface area (Å²) in [5.74, 6) is 0. The highest BCUT2D eigenvalue weighted by molar-refractivity contribution is 9.10. The van der Waals surface area contributed by atoms with Crippen LogP contribution >= 0.6 is 15.9 Å². The highest BCUT2D eigenvalue weighted by Gasteiger charge is 2.09. The van der Waals surface area contributed by atoms with Crippen molar-refractivity contribution in [2.24, 2.45) is 0 Å². The fourth-order valence-corrected chi connectivity index (χ4v) is 4.92. The molecule has 0 aliphatic carbocycles. The Kier molecular flexibility index (Phi) is 5.05. The second-order valence-corrected chi connectivity index (χ2v) is 9.27. The van der Waals surface area contributed by atoms with E-state index in [0.717, 1.165) is 4.47 Å². The monoisotopic (exact) mass is 484 g/mol. The third-order valence-corrected chi connectivity index (χ3v) is 6.87. The Labute approximate surface area is 202 Å². The number of hydrogen-bond acceptors (Lipinski definition) is 0. The topological polar surface area (TPSA) is 0 Å². The van der Waals surface area contributed by atoms with Crippen LogP contribution in [-0.2, 0) is 0 Å². The third-order valence-electron chi connectivity index (χ3n) is 6.34. The molecular formula is C32H21Br. The first kappa shape index (κ1) is 20.0. The van der Waals surface area contributed by atoms with Crippen LogP contribution in [0.4, 0.5) is 0 Å². The first-order chi connectivity index (χ1) is 16.3. The summed E-state index contributed by atoms with van der Waals surface area (Å²) in [5, 5.41) is 5.09. The molecule has 0 atom stereocenters. The molecule has 0 spiro atoms. The maximum atomic E-state index is 3.55. The minimum Gasteiger partial charge on any atom is -0.0622 e. The van der Waals surface area contributed by atoms with Gasteiger partial charge in [-0.3, -0.25) is 0 Å². The molecule has 0 aliphatic rings.